The average molecular weight is 190 g/mol. The minimum atomic E-state index is 0.197. The third kappa shape index (κ3) is 1.28. The van der Waals surface area contributed by atoms with Crippen molar-refractivity contribution in [1.82, 2.24) is 15.0 Å². The van der Waals surface area contributed by atoms with E-state index in [0.29, 0.717) is 11.5 Å². The van der Waals surface area contributed by atoms with Crippen molar-refractivity contribution in [2.45, 2.75) is 0 Å². The minimum absolute atomic E-state index is 0.197. The molecule has 3 N–H and O–H groups in total. The number of benzene rings is 1. The summed E-state index contributed by atoms with van der Waals surface area (Å²) in [6.07, 6.45) is 0. The Morgan fingerprint density at radius 1 is 1.43 bits per heavy atom. The van der Waals surface area contributed by atoms with Crippen LogP contribution in [0.1, 0.15) is 0 Å². The molecule has 14 heavy (non-hydrogen) atoms. The summed E-state index contributed by atoms with van der Waals surface area (Å²) in [6.45, 7) is 0. The van der Waals surface area contributed by atoms with Gasteiger partial charge in [0.2, 0.25) is 0 Å². The molecule has 0 amide bonds. The zero-order chi connectivity index (χ0) is 10.1. The Balaban J connectivity index is 2.59. The molecule has 0 saturated heterocycles. The summed E-state index contributed by atoms with van der Waals surface area (Å²) < 4.78 is 1.57. The van der Waals surface area contributed by atoms with Gasteiger partial charge in [0.25, 0.3) is 0 Å². The first-order valence-corrected chi connectivity index (χ1v) is 4.13. The van der Waals surface area contributed by atoms with Crippen LogP contribution in [0.2, 0.25) is 0 Å². The lowest BCUT2D eigenvalue weighted by molar-refractivity contribution is 0.475. The van der Waals surface area contributed by atoms with Crippen LogP contribution >= 0.6 is 0 Å². The van der Waals surface area contributed by atoms with Gasteiger partial charge in [-0.3, -0.25) is 0 Å². The lowest BCUT2D eigenvalue weighted by atomic mass is 10.1. The summed E-state index contributed by atoms with van der Waals surface area (Å²) in [5.74, 6) is 0.557. The van der Waals surface area contributed by atoms with Crippen LogP contribution in [0.5, 0.6) is 5.75 Å². The number of aromatic hydroxyl groups is 1. The topological polar surface area (TPSA) is 77.0 Å². The first kappa shape index (κ1) is 8.55. The van der Waals surface area contributed by atoms with Crippen LogP contribution in [0.25, 0.3) is 11.3 Å². The first-order valence-electron chi connectivity index (χ1n) is 4.13. The van der Waals surface area contributed by atoms with Gasteiger partial charge in [0.15, 0.2) is 5.82 Å². The Bertz CT molecular complexity index is 444. The quantitative estimate of drug-likeness (QED) is 0.696. The maximum absolute atomic E-state index is 9.30. The first-order chi connectivity index (χ1) is 6.68. The standard InChI is InChI=1S/C9H10N4O/c1-13-8(9(10)11-12-13)6-3-2-4-7(14)5-6/h2-5,14H,10H2,1H3. The number of phenolic OH excluding ortho intramolecular Hbond substituents is 1. The molecule has 0 unspecified atom stereocenters. The van der Waals surface area contributed by atoms with E-state index in [0.717, 1.165) is 5.56 Å². The summed E-state index contributed by atoms with van der Waals surface area (Å²) in [5, 5.41) is 16.8. The largest absolute Gasteiger partial charge is 0.508 e. The highest BCUT2D eigenvalue weighted by Crippen LogP contribution is 2.25. The van der Waals surface area contributed by atoms with E-state index in [1.807, 2.05) is 6.07 Å². The minimum Gasteiger partial charge on any atom is -0.508 e. The zero-order valence-electron chi connectivity index (χ0n) is 7.68. The molecule has 0 radical (unpaired) electrons. The van der Waals surface area contributed by atoms with Gasteiger partial charge in [-0.05, 0) is 12.1 Å². The van der Waals surface area contributed by atoms with Crippen LogP contribution in [0.3, 0.4) is 0 Å². The highest BCUT2D eigenvalue weighted by Gasteiger charge is 2.09. The molecule has 0 fully saturated rings. The van der Waals surface area contributed by atoms with Crippen molar-refractivity contribution in [3.8, 4) is 17.0 Å². The average Bonchev–Trinajstić information content (AvgIpc) is 2.46. The van der Waals surface area contributed by atoms with Gasteiger partial charge in [0, 0.05) is 12.6 Å². The third-order valence-electron chi connectivity index (χ3n) is 1.97. The normalized spacial score (nSPS) is 10.4. The van der Waals surface area contributed by atoms with Gasteiger partial charge in [-0.2, -0.15) is 0 Å². The molecule has 0 atom stereocenters. The molecule has 0 saturated carbocycles. The maximum atomic E-state index is 9.30. The molecular weight excluding hydrogens is 180 g/mol. The second kappa shape index (κ2) is 3.02. The van der Waals surface area contributed by atoms with Gasteiger partial charge in [0.1, 0.15) is 11.4 Å². The van der Waals surface area contributed by atoms with Gasteiger partial charge in [-0.1, -0.05) is 17.3 Å². The van der Waals surface area contributed by atoms with Crippen molar-refractivity contribution in [3.05, 3.63) is 24.3 Å². The van der Waals surface area contributed by atoms with E-state index in [1.165, 1.54) is 0 Å². The van der Waals surface area contributed by atoms with Crippen LogP contribution in [0.15, 0.2) is 24.3 Å². The van der Waals surface area contributed by atoms with E-state index in [-0.39, 0.29) is 5.75 Å². The Hall–Kier alpha value is -2.04. The Kier molecular flexibility index (Phi) is 1.85. The lowest BCUT2D eigenvalue weighted by Crippen LogP contribution is -1.95. The molecule has 1 aromatic carbocycles. The van der Waals surface area contributed by atoms with Crippen LogP contribution < -0.4 is 5.73 Å². The lowest BCUT2D eigenvalue weighted by Gasteiger charge is -2.02. The van der Waals surface area contributed by atoms with Gasteiger partial charge >= 0.3 is 0 Å². The number of phenols is 1. The van der Waals surface area contributed by atoms with E-state index in [1.54, 1.807) is 29.9 Å². The number of aromatic nitrogens is 3. The zero-order valence-corrected chi connectivity index (χ0v) is 7.68. The van der Waals surface area contributed by atoms with Crippen molar-refractivity contribution in [3.63, 3.8) is 0 Å². The highest BCUT2D eigenvalue weighted by molar-refractivity contribution is 5.70. The molecule has 2 aromatic rings. The molecule has 5 nitrogen and oxygen atoms in total. The highest BCUT2D eigenvalue weighted by atomic mass is 16.3. The summed E-state index contributed by atoms with van der Waals surface area (Å²) in [6, 6.07) is 6.81. The Labute approximate surface area is 80.8 Å². The Morgan fingerprint density at radius 2 is 2.21 bits per heavy atom. The molecule has 72 valence electrons. The fourth-order valence-electron chi connectivity index (χ4n) is 1.36. The number of anilines is 1. The second-order valence-corrected chi connectivity index (χ2v) is 3.00. The number of rotatable bonds is 1. The monoisotopic (exact) mass is 190 g/mol. The van der Waals surface area contributed by atoms with Crippen LogP contribution in [-0.4, -0.2) is 20.1 Å². The van der Waals surface area contributed by atoms with E-state index < -0.39 is 0 Å². The van der Waals surface area contributed by atoms with E-state index >= 15 is 0 Å². The Morgan fingerprint density at radius 3 is 2.79 bits per heavy atom. The van der Waals surface area contributed by atoms with Crippen molar-refractivity contribution >= 4 is 5.82 Å². The molecule has 0 spiro atoms. The SMILES string of the molecule is Cn1nnc(N)c1-c1cccc(O)c1. The fourth-order valence-corrected chi connectivity index (χ4v) is 1.36. The van der Waals surface area contributed by atoms with Crippen molar-refractivity contribution in [1.29, 1.82) is 0 Å². The summed E-state index contributed by atoms with van der Waals surface area (Å²) in [4.78, 5) is 0. The smallest absolute Gasteiger partial charge is 0.174 e. The van der Waals surface area contributed by atoms with E-state index in [2.05, 4.69) is 10.3 Å². The van der Waals surface area contributed by atoms with Gasteiger partial charge in [-0.15, -0.1) is 5.10 Å². The molecule has 0 aliphatic heterocycles. The number of hydrogen-bond acceptors (Lipinski definition) is 4. The summed E-state index contributed by atoms with van der Waals surface area (Å²) in [5.41, 5.74) is 7.16. The van der Waals surface area contributed by atoms with Crippen molar-refractivity contribution in [2.75, 3.05) is 5.73 Å². The number of hydrogen-bond donors (Lipinski definition) is 2. The van der Waals surface area contributed by atoms with Crippen LogP contribution in [0.4, 0.5) is 5.82 Å². The predicted octanol–water partition coefficient (Wildman–Crippen LogP) is 0.770. The van der Waals surface area contributed by atoms with E-state index in [9.17, 15) is 5.11 Å². The molecule has 1 aromatic heterocycles. The van der Waals surface area contributed by atoms with Crippen molar-refractivity contribution in [2.24, 2.45) is 7.05 Å². The maximum Gasteiger partial charge on any atom is 0.174 e. The van der Waals surface area contributed by atoms with Crippen LogP contribution in [-0.2, 0) is 7.05 Å². The molecule has 0 aliphatic rings. The molecule has 0 bridgehead atoms. The number of nitrogens with two attached hydrogens (primary N) is 1. The summed E-state index contributed by atoms with van der Waals surface area (Å²) >= 11 is 0. The third-order valence-corrected chi connectivity index (χ3v) is 1.97. The predicted molar refractivity (Wildman–Crippen MR) is 52.5 cm³/mol. The second-order valence-electron chi connectivity index (χ2n) is 3.00. The molecular formula is C9H10N4O. The van der Waals surface area contributed by atoms with Gasteiger partial charge in [-0.25, -0.2) is 4.68 Å². The molecule has 5 heteroatoms. The number of aryl methyl sites for hydroxylation is 1. The molecule has 1 heterocycles. The number of nitrogen functional groups attached to an aromatic ring is 1. The summed E-state index contributed by atoms with van der Waals surface area (Å²) in [7, 11) is 1.75. The molecule has 0 aliphatic carbocycles. The fraction of sp³-hybridized carbons (Fsp3) is 0.111. The van der Waals surface area contributed by atoms with Gasteiger partial charge < -0.3 is 10.8 Å². The van der Waals surface area contributed by atoms with Crippen molar-refractivity contribution < 1.29 is 5.11 Å². The van der Waals surface area contributed by atoms with E-state index in [4.69, 9.17) is 5.73 Å². The van der Waals surface area contributed by atoms with Gasteiger partial charge in [0.05, 0.1) is 0 Å². The number of nitrogens with zero attached hydrogens (tertiary/aromatic N) is 3. The van der Waals surface area contributed by atoms with Crippen LogP contribution in [0, 0.1) is 0 Å². The molecule has 2 rings (SSSR count).